The van der Waals surface area contributed by atoms with Crippen molar-refractivity contribution in [2.24, 2.45) is 11.8 Å². The van der Waals surface area contributed by atoms with E-state index in [1.807, 2.05) is 50.8 Å². The van der Waals surface area contributed by atoms with Crippen LogP contribution in [0.2, 0.25) is 0 Å². The quantitative estimate of drug-likeness (QED) is 0.316. The summed E-state index contributed by atoms with van der Waals surface area (Å²) in [5, 5.41) is 10.7. The van der Waals surface area contributed by atoms with Crippen LogP contribution in [-0.4, -0.2) is 58.6 Å². The summed E-state index contributed by atoms with van der Waals surface area (Å²) in [5.41, 5.74) is 2.93. The SMILES string of the molecule is Cc1cccc(C)c1-c1cc2nc(n1)NS(=O)(=O)c1cccc(c1)C(=O)N([C@H]1CC[C@@H](C(C)(C)O)CC1)[C@H](CCC(C)C)CO2. The van der Waals surface area contributed by atoms with Gasteiger partial charge in [-0.1, -0.05) is 38.1 Å². The van der Waals surface area contributed by atoms with Gasteiger partial charge in [-0.05, 0) is 107 Å². The molecule has 2 aromatic carbocycles. The molecular formula is C35H46N4O5S. The van der Waals surface area contributed by atoms with Gasteiger partial charge in [-0.2, -0.15) is 4.98 Å². The standard InChI is InChI=1S/C35H46N4O5S/c1-22(2)13-16-28-21-44-31-20-30(32-23(3)9-7-10-24(32)4)36-34(37-31)38-45(42,43)29-12-8-11-25(19-29)33(40)39(28)27-17-14-26(15-18-27)35(5,6)41/h7-12,19-20,22,26-28,41H,13-18,21H2,1-6H3,(H,36,37,38)/t26-,27+,28-/m1/s1. The number of aryl methyl sites for hydroxylation is 2. The highest BCUT2D eigenvalue weighted by Gasteiger charge is 2.38. The van der Waals surface area contributed by atoms with Crippen molar-refractivity contribution >= 4 is 21.9 Å². The Bertz CT molecular complexity index is 1620. The molecule has 45 heavy (non-hydrogen) atoms. The lowest BCUT2D eigenvalue weighted by molar-refractivity contribution is -0.0171. The van der Waals surface area contributed by atoms with Crippen molar-refractivity contribution in [3.8, 4) is 17.1 Å². The first-order valence-electron chi connectivity index (χ1n) is 16.0. The highest BCUT2D eigenvalue weighted by Crippen LogP contribution is 2.37. The molecule has 4 bridgehead atoms. The summed E-state index contributed by atoms with van der Waals surface area (Å²) in [7, 11) is -4.13. The summed E-state index contributed by atoms with van der Waals surface area (Å²) in [5.74, 6) is 0.480. The number of rotatable bonds is 6. The molecule has 0 radical (unpaired) electrons. The number of benzene rings is 2. The Balaban J connectivity index is 1.62. The summed E-state index contributed by atoms with van der Waals surface area (Å²) in [4.78, 5) is 25.4. The zero-order valence-electron chi connectivity index (χ0n) is 27.2. The molecule has 0 saturated heterocycles. The number of aromatic nitrogens is 2. The van der Waals surface area contributed by atoms with Crippen molar-refractivity contribution in [1.82, 2.24) is 14.9 Å². The third-order valence-corrected chi connectivity index (χ3v) is 10.6. The van der Waals surface area contributed by atoms with Gasteiger partial charge in [-0.15, -0.1) is 0 Å². The molecule has 5 rings (SSSR count). The molecule has 1 aromatic heterocycles. The monoisotopic (exact) mass is 634 g/mol. The maximum Gasteiger partial charge on any atom is 0.264 e. The molecule has 3 aromatic rings. The molecule has 10 heteroatoms. The fourth-order valence-corrected chi connectivity index (χ4v) is 7.71. The smallest absolute Gasteiger partial charge is 0.264 e. The minimum atomic E-state index is -4.13. The Hall–Kier alpha value is -3.50. The van der Waals surface area contributed by atoms with Crippen LogP contribution in [0.4, 0.5) is 5.95 Å². The maximum atomic E-state index is 14.4. The molecule has 1 amide bonds. The number of amides is 1. The summed E-state index contributed by atoms with van der Waals surface area (Å²) < 4.78 is 36.2. The summed E-state index contributed by atoms with van der Waals surface area (Å²) in [6.45, 7) is 12.2. The van der Waals surface area contributed by atoms with E-state index in [1.54, 1.807) is 18.2 Å². The van der Waals surface area contributed by atoms with E-state index in [0.717, 1.165) is 48.8 Å². The predicted molar refractivity (Wildman–Crippen MR) is 176 cm³/mol. The van der Waals surface area contributed by atoms with Gasteiger partial charge in [0.25, 0.3) is 15.9 Å². The molecule has 0 unspecified atom stereocenters. The predicted octanol–water partition coefficient (Wildman–Crippen LogP) is 6.53. The van der Waals surface area contributed by atoms with Gasteiger partial charge in [0.05, 0.1) is 22.2 Å². The van der Waals surface area contributed by atoms with Crippen LogP contribution in [0, 0.1) is 25.7 Å². The van der Waals surface area contributed by atoms with Gasteiger partial charge in [0.1, 0.15) is 6.61 Å². The lowest BCUT2D eigenvalue weighted by atomic mass is 9.76. The van der Waals surface area contributed by atoms with Gasteiger partial charge >= 0.3 is 0 Å². The van der Waals surface area contributed by atoms with Gasteiger partial charge < -0.3 is 14.7 Å². The highest BCUT2D eigenvalue weighted by atomic mass is 32.2. The van der Waals surface area contributed by atoms with E-state index in [9.17, 15) is 18.3 Å². The van der Waals surface area contributed by atoms with Gasteiger partial charge in [0.2, 0.25) is 11.8 Å². The van der Waals surface area contributed by atoms with E-state index in [2.05, 4.69) is 28.5 Å². The molecule has 1 atom stereocenters. The second-order valence-corrected chi connectivity index (χ2v) is 15.3. The number of carbonyl (C=O) groups is 1. The Morgan fingerprint density at radius 3 is 2.33 bits per heavy atom. The van der Waals surface area contributed by atoms with Gasteiger partial charge in [-0.25, -0.2) is 18.1 Å². The molecule has 2 N–H and O–H groups in total. The Labute approximate surface area is 267 Å². The van der Waals surface area contributed by atoms with E-state index < -0.39 is 15.6 Å². The minimum absolute atomic E-state index is 0.0411. The van der Waals surface area contributed by atoms with Crippen LogP contribution in [0.15, 0.2) is 53.4 Å². The lowest BCUT2D eigenvalue weighted by Gasteiger charge is -2.43. The van der Waals surface area contributed by atoms with Crippen LogP contribution in [0.5, 0.6) is 5.88 Å². The Morgan fingerprint density at radius 2 is 1.69 bits per heavy atom. The minimum Gasteiger partial charge on any atom is -0.475 e. The molecule has 2 aliphatic rings. The normalized spacial score (nSPS) is 22.1. The van der Waals surface area contributed by atoms with Gasteiger partial charge in [0.15, 0.2) is 0 Å². The largest absolute Gasteiger partial charge is 0.475 e. The summed E-state index contributed by atoms with van der Waals surface area (Å²) in [6, 6.07) is 13.5. The van der Waals surface area contributed by atoms with Crippen LogP contribution >= 0.6 is 0 Å². The van der Waals surface area contributed by atoms with Gasteiger partial charge in [-0.3, -0.25) is 4.79 Å². The first-order valence-corrected chi connectivity index (χ1v) is 17.5. The number of anilines is 1. The number of nitrogens with one attached hydrogen (secondary N) is 1. The number of sulfonamides is 1. The maximum absolute atomic E-state index is 14.4. The molecule has 0 spiro atoms. The molecule has 1 aliphatic heterocycles. The lowest BCUT2D eigenvalue weighted by Crippen LogP contribution is -2.52. The Kier molecular flexibility index (Phi) is 9.56. The molecule has 2 heterocycles. The number of hydrogen-bond acceptors (Lipinski definition) is 7. The van der Waals surface area contributed by atoms with Crippen LogP contribution in [-0.2, 0) is 10.0 Å². The molecule has 1 saturated carbocycles. The second-order valence-electron chi connectivity index (χ2n) is 13.6. The third kappa shape index (κ3) is 7.49. The molecular weight excluding hydrogens is 588 g/mol. The summed E-state index contributed by atoms with van der Waals surface area (Å²) in [6.07, 6.45) is 4.67. The van der Waals surface area contributed by atoms with Crippen molar-refractivity contribution in [2.45, 2.75) is 103 Å². The number of carbonyl (C=O) groups excluding carboxylic acids is 1. The highest BCUT2D eigenvalue weighted by molar-refractivity contribution is 7.92. The van der Waals surface area contributed by atoms with Crippen LogP contribution < -0.4 is 9.46 Å². The van der Waals surface area contributed by atoms with Crippen LogP contribution in [0.3, 0.4) is 0 Å². The van der Waals surface area contributed by atoms with E-state index >= 15 is 0 Å². The Morgan fingerprint density at radius 1 is 1.02 bits per heavy atom. The number of aliphatic hydroxyl groups is 1. The van der Waals surface area contributed by atoms with Crippen molar-refractivity contribution in [3.63, 3.8) is 0 Å². The average molecular weight is 635 g/mol. The molecule has 1 aliphatic carbocycles. The van der Waals surface area contributed by atoms with Crippen molar-refractivity contribution in [1.29, 1.82) is 0 Å². The topological polar surface area (TPSA) is 122 Å². The number of ether oxygens (including phenoxy) is 1. The first kappa shape index (κ1) is 32.9. The first-order chi connectivity index (χ1) is 21.2. The number of hydrogen-bond donors (Lipinski definition) is 2. The summed E-state index contributed by atoms with van der Waals surface area (Å²) >= 11 is 0. The molecule has 242 valence electrons. The second kappa shape index (κ2) is 13.1. The van der Waals surface area contributed by atoms with Crippen molar-refractivity contribution < 1.29 is 23.1 Å². The van der Waals surface area contributed by atoms with E-state index in [-0.39, 0.29) is 47.2 Å². The zero-order valence-corrected chi connectivity index (χ0v) is 28.0. The van der Waals surface area contributed by atoms with Crippen LogP contribution in [0.25, 0.3) is 11.3 Å². The van der Waals surface area contributed by atoms with E-state index in [1.165, 1.54) is 12.1 Å². The fourth-order valence-electron chi connectivity index (χ4n) is 6.72. The number of fused-ring (bicyclic) bond motifs is 4. The van der Waals surface area contributed by atoms with E-state index in [0.29, 0.717) is 23.6 Å². The third-order valence-electron chi connectivity index (χ3n) is 9.27. The average Bonchev–Trinajstić information content (AvgIpc) is 2.97. The number of nitrogens with zero attached hydrogens (tertiary/aromatic N) is 3. The van der Waals surface area contributed by atoms with Crippen LogP contribution in [0.1, 0.15) is 87.7 Å². The molecule has 9 nitrogen and oxygen atoms in total. The zero-order chi connectivity index (χ0) is 32.5. The molecule has 1 fully saturated rings. The van der Waals surface area contributed by atoms with Gasteiger partial charge in [0, 0.05) is 23.2 Å². The van der Waals surface area contributed by atoms with Crippen molar-refractivity contribution in [3.05, 3.63) is 65.2 Å². The van der Waals surface area contributed by atoms with E-state index in [4.69, 9.17) is 4.74 Å². The van der Waals surface area contributed by atoms with Crippen molar-refractivity contribution in [2.75, 3.05) is 11.3 Å². The fraction of sp³-hybridized carbons (Fsp3) is 0.514.